The van der Waals surface area contributed by atoms with Gasteiger partial charge in [-0.25, -0.2) is 9.88 Å². The summed E-state index contributed by atoms with van der Waals surface area (Å²) in [6.45, 7) is 4.46. The van der Waals surface area contributed by atoms with E-state index in [1.807, 2.05) is 0 Å². The molecule has 3 heteroatoms. The molecule has 3 heterocycles. The van der Waals surface area contributed by atoms with Crippen molar-refractivity contribution in [1.29, 1.82) is 0 Å². The summed E-state index contributed by atoms with van der Waals surface area (Å²) in [5.74, 6) is 1.16. The summed E-state index contributed by atoms with van der Waals surface area (Å²) in [6.07, 6.45) is 10.9. The van der Waals surface area contributed by atoms with Crippen LogP contribution >= 0.6 is 0 Å². The van der Waals surface area contributed by atoms with E-state index in [4.69, 9.17) is 0 Å². The van der Waals surface area contributed by atoms with Gasteiger partial charge in [-0.2, -0.15) is 0 Å². The van der Waals surface area contributed by atoms with Gasteiger partial charge in [0.25, 0.3) is 5.82 Å². The molecule has 1 aromatic heterocycles. The maximum absolute atomic E-state index is 3.51. The van der Waals surface area contributed by atoms with Crippen molar-refractivity contribution in [2.45, 2.75) is 25.7 Å². The molecule has 0 aliphatic carbocycles. The quantitative estimate of drug-likeness (QED) is 0.664. The first-order valence-electron chi connectivity index (χ1n) is 5.61. The van der Waals surface area contributed by atoms with E-state index in [2.05, 4.69) is 77.5 Å². The number of fused-ring (bicyclic) bond motifs is 2. The Morgan fingerprint density at radius 1 is 1.31 bits per heavy atom. The van der Waals surface area contributed by atoms with Gasteiger partial charge in [0.1, 0.15) is 0 Å². The molecular weight excluding hydrogens is 198 g/mol. The van der Waals surface area contributed by atoms with E-state index < -0.39 is 0 Å². The van der Waals surface area contributed by atoms with Crippen molar-refractivity contribution in [2.24, 2.45) is 0 Å². The molecule has 0 aromatic carbocycles. The summed E-state index contributed by atoms with van der Waals surface area (Å²) in [5.41, 5.74) is -0.0478. The minimum Gasteiger partial charge on any atom is -0.295 e. The fourth-order valence-corrected chi connectivity index (χ4v) is 2.45. The summed E-state index contributed by atoms with van der Waals surface area (Å²) in [5, 5.41) is 3.51. The molecule has 2 aliphatic heterocycles. The van der Waals surface area contributed by atoms with Crippen LogP contribution in [0.15, 0.2) is 48.8 Å². The van der Waals surface area contributed by atoms with E-state index in [1.165, 1.54) is 0 Å². The zero-order valence-electron chi connectivity index (χ0n) is 9.59. The van der Waals surface area contributed by atoms with Gasteiger partial charge in [0, 0.05) is 12.3 Å². The van der Waals surface area contributed by atoms with Crippen molar-refractivity contribution in [2.75, 3.05) is 5.32 Å². The minimum absolute atomic E-state index is 0.0478. The number of pyridine rings is 1. The van der Waals surface area contributed by atoms with Crippen LogP contribution in [0, 0.1) is 0 Å². The summed E-state index contributed by atoms with van der Waals surface area (Å²) in [4.78, 5) is 2.32. The maximum atomic E-state index is 3.51. The van der Waals surface area contributed by atoms with Gasteiger partial charge in [-0.15, -0.1) is 0 Å². The second-order valence-electron chi connectivity index (χ2n) is 4.67. The molecule has 1 unspecified atom stereocenters. The first kappa shape index (κ1) is 9.46. The highest BCUT2D eigenvalue weighted by Gasteiger charge is 2.42. The van der Waals surface area contributed by atoms with Crippen LogP contribution in [0.5, 0.6) is 0 Å². The van der Waals surface area contributed by atoms with Gasteiger partial charge >= 0.3 is 0 Å². The van der Waals surface area contributed by atoms with Crippen LogP contribution < -0.4 is 9.88 Å². The van der Waals surface area contributed by atoms with E-state index in [-0.39, 0.29) is 11.8 Å². The van der Waals surface area contributed by atoms with Crippen molar-refractivity contribution >= 4 is 5.82 Å². The fourth-order valence-electron chi connectivity index (χ4n) is 2.45. The molecule has 16 heavy (non-hydrogen) atoms. The highest BCUT2D eigenvalue weighted by atomic mass is 15.5. The molecule has 0 amide bonds. The molecule has 0 saturated heterocycles. The van der Waals surface area contributed by atoms with Gasteiger partial charge in [0.05, 0.1) is 6.20 Å². The number of nitrogens with one attached hydrogen (secondary N) is 1. The molecule has 82 valence electrons. The van der Waals surface area contributed by atoms with Crippen LogP contribution in [0.2, 0.25) is 0 Å². The Kier molecular flexibility index (Phi) is 1.84. The third kappa shape index (κ3) is 1.18. The second kappa shape index (κ2) is 3.11. The lowest BCUT2D eigenvalue weighted by atomic mass is 10.1. The topological polar surface area (TPSA) is 19.1 Å². The Balaban J connectivity index is 2.15. The number of hydrogen-bond donors (Lipinski definition) is 1. The Morgan fingerprint density at radius 2 is 2.19 bits per heavy atom. The molecule has 0 fully saturated rings. The average Bonchev–Trinajstić information content (AvgIpc) is 2.29. The predicted octanol–water partition coefficient (Wildman–Crippen LogP) is 1.80. The van der Waals surface area contributed by atoms with Gasteiger partial charge in [-0.3, -0.25) is 4.90 Å². The van der Waals surface area contributed by atoms with Crippen LogP contribution in [0.3, 0.4) is 0 Å². The van der Waals surface area contributed by atoms with Crippen LogP contribution in [-0.4, -0.2) is 11.1 Å². The minimum atomic E-state index is -0.0478. The maximum Gasteiger partial charge on any atom is 0.278 e. The van der Waals surface area contributed by atoms with Crippen molar-refractivity contribution < 1.29 is 4.57 Å². The third-order valence-corrected chi connectivity index (χ3v) is 3.33. The first-order valence-corrected chi connectivity index (χ1v) is 5.61. The number of hydrogen-bond acceptors (Lipinski definition) is 2. The molecule has 0 spiro atoms. The molecule has 3 nitrogen and oxygen atoms in total. The SMILES string of the molecule is CC1(C)N2C=CC=CC2Nc2cccc[n+]21. The van der Waals surface area contributed by atoms with E-state index >= 15 is 0 Å². The number of anilines is 1. The summed E-state index contributed by atoms with van der Waals surface area (Å²) in [6, 6.07) is 6.24. The molecular formula is C13H16N3+. The molecule has 2 aliphatic rings. The van der Waals surface area contributed by atoms with Crippen molar-refractivity contribution in [3.63, 3.8) is 0 Å². The number of aromatic nitrogens is 1. The van der Waals surface area contributed by atoms with E-state index in [0.717, 1.165) is 5.82 Å². The lowest BCUT2D eigenvalue weighted by Crippen LogP contribution is -2.69. The number of allylic oxidation sites excluding steroid dienone is 2. The summed E-state index contributed by atoms with van der Waals surface area (Å²) >= 11 is 0. The average molecular weight is 214 g/mol. The van der Waals surface area contributed by atoms with E-state index in [1.54, 1.807) is 0 Å². The highest BCUT2D eigenvalue weighted by Crippen LogP contribution is 2.27. The Labute approximate surface area is 95.7 Å². The lowest BCUT2D eigenvalue weighted by Gasteiger charge is -2.43. The molecule has 1 N–H and O–H groups in total. The zero-order chi connectivity index (χ0) is 11.2. The van der Waals surface area contributed by atoms with Gasteiger partial charge in [-0.05, 0) is 32.1 Å². The summed E-state index contributed by atoms with van der Waals surface area (Å²) < 4.78 is 2.26. The van der Waals surface area contributed by atoms with Crippen LogP contribution in [0.25, 0.3) is 0 Å². The van der Waals surface area contributed by atoms with Crippen molar-refractivity contribution in [1.82, 2.24) is 4.90 Å². The number of nitrogens with zero attached hydrogens (tertiary/aromatic N) is 2. The zero-order valence-corrected chi connectivity index (χ0v) is 9.59. The molecule has 1 atom stereocenters. The Bertz CT molecular complexity index is 474. The normalized spacial score (nSPS) is 24.6. The van der Waals surface area contributed by atoms with Crippen molar-refractivity contribution in [3.05, 3.63) is 48.8 Å². The molecule has 0 saturated carbocycles. The molecule has 0 radical (unpaired) electrons. The van der Waals surface area contributed by atoms with E-state index in [9.17, 15) is 0 Å². The van der Waals surface area contributed by atoms with Crippen LogP contribution in [-0.2, 0) is 5.66 Å². The van der Waals surface area contributed by atoms with Crippen LogP contribution in [0.4, 0.5) is 5.82 Å². The molecule has 3 rings (SSSR count). The largest absolute Gasteiger partial charge is 0.295 e. The lowest BCUT2D eigenvalue weighted by molar-refractivity contribution is -0.772. The highest BCUT2D eigenvalue weighted by molar-refractivity contribution is 5.35. The molecule has 0 bridgehead atoms. The van der Waals surface area contributed by atoms with Gasteiger partial charge in [-0.1, -0.05) is 12.1 Å². The van der Waals surface area contributed by atoms with Gasteiger partial charge in [0.15, 0.2) is 11.8 Å². The first-order chi connectivity index (χ1) is 7.69. The predicted molar refractivity (Wildman–Crippen MR) is 63.5 cm³/mol. The van der Waals surface area contributed by atoms with Crippen molar-refractivity contribution in [3.8, 4) is 0 Å². The van der Waals surface area contributed by atoms with E-state index in [0.29, 0.717) is 0 Å². The Morgan fingerprint density at radius 3 is 3.06 bits per heavy atom. The fraction of sp³-hybridized carbons (Fsp3) is 0.308. The molecule has 1 aromatic rings. The number of rotatable bonds is 0. The smallest absolute Gasteiger partial charge is 0.278 e. The monoisotopic (exact) mass is 214 g/mol. The third-order valence-electron chi connectivity index (χ3n) is 3.33. The van der Waals surface area contributed by atoms with Gasteiger partial charge in [0.2, 0.25) is 0 Å². The standard InChI is InChI=1S/C13H15N3/c1-13(2)15-9-5-3-7-11(15)14-12-8-4-6-10-16(12)13/h3-11H,1-2H3/p+1. The Hall–Kier alpha value is -1.77. The second-order valence-corrected chi connectivity index (χ2v) is 4.67. The van der Waals surface area contributed by atoms with Gasteiger partial charge < -0.3 is 0 Å². The van der Waals surface area contributed by atoms with Crippen LogP contribution in [0.1, 0.15) is 13.8 Å². The summed E-state index contributed by atoms with van der Waals surface area (Å²) in [7, 11) is 0.